The maximum absolute atomic E-state index is 11.7. The maximum Gasteiger partial charge on any atom is 0.257 e. The number of benzene rings is 2. The summed E-state index contributed by atoms with van der Waals surface area (Å²) in [5.41, 5.74) is 1.74. The van der Waals surface area contributed by atoms with E-state index in [0.717, 1.165) is 17.1 Å². The quantitative estimate of drug-likeness (QED) is 0.758. The molecule has 0 aliphatic heterocycles. The third-order valence-corrected chi connectivity index (χ3v) is 4.09. The van der Waals surface area contributed by atoms with Crippen molar-refractivity contribution in [1.29, 1.82) is 5.26 Å². The third kappa shape index (κ3) is 6.05. The topological polar surface area (TPSA) is 62.1 Å². The zero-order valence-corrected chi connectivity index (χ0v) is 13.5. The molecule has 0 spiro atoms. The van der Waals surface area contributed by atoms with E-state index in [2.05, 4.69) is 11.4 Å². The molecule has 0 radical (unpaired) electrons. The van der Waals surface area contributed by atoms with Gasteiger partial charge < -0.3 is 10.1 Å². The van der Waals surface area contributed by atoms with Gasteiger partial charge in [0.2, 0.25) is 0 Å². The Bertz CT molecular complexity index is 668. The van der Waals surface area contributed by atoms with Crippen LogP contribution in [0, 0.1) is 11.3 Å². The van der Waals surface area contributed by atoms with E-state index < -0.39 is 0 Å². The highest BCUT2D eigenvalue weighted by Gasteiger charge is 2.03. The van der Waals surface area contributed by atoms with Crippen molar-refractivity contribution in [2.75, 3.05) is 18.9 Å². The van der Waals surface area contributed by atoms with Gasteiger partial charge >= 0.3 is 0 Å². The van der Waals surface area contributed by atoms with Gasteiger partial charge in [-0.3, -0.25) is 4.79 Å². The normalized spacial score (nSPS) is 9.87. The summed E-state index contributed by atoms with van der Waals surface area (Å²) in [6.45, 7) is 0.600. The Kier molecular flexibility index (Phi) is 7.02. The molecule has 4 nitrogen and oxygen atoms in total. The Morgan fingerprint density at radius 2 is 1.87 bits per heavy atom. The van der Waals surface area contributed by atoms with Crippen LogP contribution in [0.4, 0.5) is 0 Å². The Balaban J connectivity index is 1.60. The SMILES string of the molecule is N#Cc1ccccc1CSCCNC(=O)COc1ccccc1. The fourth-order valence-corrected chi connectivity index (χ4v) is 2.78. The molecule has 23 heavy (non-hydrogen) atoms. The van der Waals surface area contributed by atoms with Gasteiger partial charge in [-0.05, 0) is 23.8 Å². The fourth-order valence-electron chi connectivity index (χ4n) is 1.92. The highest BCUT2D eigenvalue weighted by Crippen LogP contribution is 2.15. The van der Waals surface area contributed by atoms with Crippen LogP contribution in [-0.2, 0) is 10.5 Å². The van der Waals surface area contributed by atoms with Crippen LogP contribution in [0.2, 0.25) is 0 Å². The van der Waals surface area contributed by atoms with Gasteiger partial charge in [-0.1, -0.05) is 36.4 Å². The van der Waals surface area contributed by atoms with Crippen LogP contribution in [-0.4, -0.2) is 24.8 Å². The molecule has 0 aliphatic carbocycles. The molecule has 0 bridgehead atoms. The Morgan fingerprint density at radius 3 is 2.65 bits per heavy atom. The zero-order valence-electron chi connectivity index (χ0n) is 12.7. The third-order valence-electron chi connectivity index (χ3n) is 3.08. The summed E-state index contributed by atoms with van der Waals surface area (Å²) in [4.78, 5) is 11.7. The van der Waals surface area contributed by atoms with Crippen molar-refractivity contribution in [1.82, 2.24) is 5.32 Å². The van der Waals surface area contributed by atoms with Crippen molar-refractivity contribution < 1.29 is 9.53 Å². The molecule has 0 aromatic heterocycles. The number of amides is 1. The van der Waals surface area contributed by atoms with Crippen molar-refractivity contribution in [2.24, 2.45) is 0 Å². The van der Waals surface area contributed by atoms with Gasteiger partial charge in [0.05, 0.1) is 11.6 Å². The predicted molar refractivity (Wildman–Crippen MR) is 92.3 cm³/mol. The average Bonchev–Trinajstić information content (AvgIpc) is 2.61. The number of nitrogens with one attached hydrogen (secondary N) is 1. The van der Waals surface area contributed by atoms with E-state index in [0.29, 0.717) is 17.9 Å². The van der Waals surface area contributed by atoms with E-state index in [1.54, 1.807) is 11.8 Å². The molecular weight excluding hydrogens is 308 g/mol. The largest absolute Gasteiger partial charge is 0.484 e. The van der Waals surface area contributed by atoms with Gasteiger partial charge in [0.15, 0.2) is 6.61 Å². The number of hydrogen-bond donors (Lipinski definition) is 1. The molecular formula is C18H18N2O2S. The minimum atomic E-state index is -0.133. The zero-order chi connectivity index (χ0) is 16.3. The van der Waals surface area contributed by atoms with E-state index >= 15 is 0 Å². The van der Waals surface area contributed by atoms with E-state index in [-0.39, 0.29) is 12.5 Å². The first-order valence-electron chi connectivity index (χ1n) is 7.30. The van der Waals surface area contributed by atoms with Gasteiger partial charge in [0.25, 0.3) is 5.91 Å². The molecule has 1 amide bonds. The van der Waals surface area contributed by atoms with Crippen LogP contribution in [0.5, 0.6) is 5.75 Å². The highest BCUT2D eigenvalue weighted by molar-refractivity contribution is 7.98. The number of thioether (sulfide) groups is 1. The lowest BCUT2D eigenvalue weighted by Crippen LogP contribution is -2.30. The Morgan fingerprint density at radius 1 is 1.13 bits per heavy atom. The summed E-state index contributed by atoms with van der Waals surface area (Å²) < 4.78 is 5.37. The van der Waals surface area contributed by atoms with Crippen molar-refractivity contribution in [2.45, 2.75) is 5.75 Å². The van der Waals surface area contributed by atoms with E-state index in [9.17, 15) is 4.79 Å². The smallest absolute Gasteiger partial charge is 0.257 e. The van der Waals surface area contributed by atoms with Crippen molar-refractivity contribution in [3.63, 3.8) is 0 Å². The number of carbonyl (C=O) groups excluding carboxylic acids is 1. The lowest BCUT2D eigenvalue weighted by molar-refractivity contribution is -0.122. The molecule has 1 N–H and O–H groups in total. The lowest BCUT2D eigenvalue weighted by atomic mass is 10.1. The van der Waals surface area contributed by atoms with Gasteiger partial charge in [0, 0.05) is 18.1 Å². The molecule has 0 aliphatic rings. The molecule has 2 aromatic carbocycles. The summed E-state index contributed by atoms with van der Waals surface area (Å²) in [5, 5.41) is 11.8. The van der Waals surface area contributed by atoms with Crippen LogP contribution in [0.3, 0.4) is 0 Å². The van der Waals surface area contributed by atoms with Crippen LogP contribution in [0.25, 0.3) is 0 Å². The molecule has 0 heterocycles. The lowest BCUT2D eigenvalue weighted by Gasteiger charge is -2.07. The highest BCUT2D eigenvalue weighted by atomic mass is 32.2. The van der Waals surface area contributed by atoms with Gasteiger partial charge in [-0.15, -0.1) is 0 Å². The van der Waals surface area contributed by atoms with Crippen LogP contribution in [0.1, 0.15) is 11.1 Å². The number of ether oxygens (including phenoxy) is 1. The molecule has 0 saturated heterocycles. The summed E-state index contributed by atoms with van der Waals surface area (Å²) in [5.74, 6) is 2.11. The van der Waals surface area contributed by atoms with Crippen molar-refractivity contribution in [3.05, 3.63) is 65.7 Å². The summed E-state index contributed by atoms with van der Waals surface area (Å²) in [6, 6.07) is 19.0. The van der Waals surface area contributed by atoms with E-state index in [1.165, 1.54) is 0 Å². The second kappa shape index (κ2) is 9.54. The fraction of sp³-hybridized carbons (Fsp3) is 0.222. The second-order valence-electron chi connectivity index (χ2n) is 4.77. The molecule has 0 saturated carbocycles. The Labute approximate surface area is 140 Å². The molecule has 5 heteroatoms. The summed E-state index contributed by atoms with van der Waals surface area (Å²) in [6.07, 6.45) is 0. The molecule has 0 fully saturated rings. The van der Waals surface area contributed by atoms with Crippen LogP contribution in [0.15, 0.2) is 54.6 Å². The maximum atomic E-state index is 11.7. The van der Waals surface area contributed by atoms with Crippen LogP contribution >= 0.6 is 11.8 Å². The second-order valence-corrected chi connectivity index (χ2v) is 5.88. The summed E-state index contributed by atoms with van der Waals surface area (Å²) >= 11 is 1.69. The predicted octanol–water partition coefficient (Wildman–Crippen LogP) is 2.99. The van der Waals surface area contributed by atoms with Crippen LogP contribution < -0.4 is 10.1 Å². The first kappa shape index (κ1) is 16.9. The first-order valence-corrected chi connectivity index (χ1v) is 8.45. The monoisotopic (exact) mass is 326 g/mol. The number of nitrogens with zero attached hydrogens (tertiary/aromatic N) is 1. The average molecular weight is 326 g/mol. The molecule has 2 rings (SSSR count). The Hall–Kier alpha value is -2.45. The standard InChI is InChI=1S/C18H18N2O2S/c19-12-15-6-4-5-7-16(15)14-23-11-10-20-18(21)13-22-17-8-2-1-3-9-17/h1-9H,10-11,13-14H2,(H,20,21). The number of carbonyl (C=O) groups is 1. The molecule has 0 atom stereocenters. The molecule has 118 valence electrons. The van der Waals surface area contributed by atoms with Gasteiger partial charge in [-0.2, -0.15) is 17.0 Å². The van der Waals surface area contributed by atoms with E-state index in [1.807, 2.05) is 54.6 Å². The molecule has 0 unspecified atom stereocenters. The number of hydrogen-bond acceptors (Lipinski definition) is 4. The van der Waals surface area contributed by atoms with Gasteiger partial charge in [0.1, 0.15) is 5.75 Å². The van der Waals surface area contributed by atoms with Gasteiger partial charge in [-0.25, -0.2) is 0 Å². The number of nitriles is 1. The minimum Gasteiger partial charge on any atom is -0.484 e. The minimum absolute atomic E-state index is 0.0198. The first-order chi connectivity index (χ1) is 11.3. The summed E-state index contributed by atoms with van der Waals surface area (Å²) in [7, 11) is 0. The number of rotatable bonds is 8. The van der Waals surface area contributed by atoms with E-state index in [4.69, 9.17) is 10.00 Å². The molecule has 2 aromatic rings. The van der Waals surface area contributed by atoms with Crippen molar-refractivity contribution in [3.8, 4) is 11.8 Å². The van der Waals surface area contributed by atoms with Crippen molar-refractivity contribution >= 4 is 17.7 Å². The number of para-hydroxylation sites is 1.